The number of benzene rings is 1. The van der Waals surface area contributed by atoms with Gasteiger partial charge in [-0.05, 0) is 32.8 Å². The molecule has 1 N–H and O–H groups in total. The molecule has 2 rings (SSSR count). The molecule has 0 unspecified atom stereocenters. The summed E-state index contributed by atoms with van der Waals surface area (Å²) in [4.78, 5) is 26.8. The van der Waals surface area contributed by atoms with Crippen LogP contribution < -0.4 is 5.32 Å². The number of likely N-dealkylation sites (tertiary alicyclic amines) is 1. The van der Waals surface area contributed by atoms with E-state index in [0.717, 1.165) is 31.4 Å². The van der Waals surface area contributed by atoms with Crippen molar-refractivity contribution < 1.29 is 14.3 Å². The van der Waals surface area contributed by atoms with Crippen LogP contribution in [0, 0.1) is 5.92 Å². The molecule has 0 aromatic heterocycles. The third-order valence-electron chi connectivity index (χ3n) is 4.55. The highest BCUT2D eigenvalue weighted by Crippen LogP contribution is 2.24. The molecule has 6 heteroatoms. The summed E-state index contributed by atoms with van der Waals surface area (Å²) in [6, 6.07) is 10.2. The summed E-state index contributed by atoms with van der Waals surface area (Å²) in [5.74, 6) is 0.376. The molecule has 2 atom stereocenters. The van der Waals surface area contributed by atoms with E-state index in [1.54, 1.807) is 0 Å². The molecule has 0 aliphatic carbocycles. The van der Waals surface area contributed by atoms with Crippen LogP contribution in [0.2, 0.25) is 0 Å². The minimum absolute atomic E-state index is 0.0727. The molecule has 1 aromatic rings. The van der Waals surface area contributed by atoms with Gasteiger partial charge in [-0.25, -0.2) is 4.79 Å². The number of hydrogen-bond donors (Lipinski definition) is 1. The fourth-order valence-electron chi connectivity index (χ4n) is 3.42. The molecular formula is C21H31BrN2O3. The molecule has 27 heavy (non-hydrogen) atoms. The first-order valence-electron chi connectivity index (χ1n) is 9.60. The van der Waals surface area contributed by atoms with Gasteiger partial charge in [-0.15, -0.1) is 0 Å². The predicted octanol–water partition coefficient (Wildman–Crippen LogP) is 4.15. The van der Waals surface area contributed by atoms with Gasteiger partial charge in [-0.2, -0.15) is 0 Å². The van der Waals surface area contributed by atoms with Crippen molar-refractivity contribution in [1.82, 2.24) is 10.2 Å². The number of ketones is 1. The monoisotopic (exact) mass is 438 g/mol. The Morgan fingerprint density at radius 2 is 1.93 bits per heavy atom. The third-order valence-corrected chi connectivity index (χ3v) is 5.11. The van der Waals surface area contributed by atoms with Gasteiger partial charge in [0.2, 0.25) is 0 Å². The highest BCUT2D eigenvalue weighted by molar-refractivity contribution is 9.09. The van der Waals surface area contributed by atoms with E-state index in [4.69, 9.17) is 4.74 Å². The van der Waals surface area contributed by atoms with Crippen molar-refractivity contribution in [1.29, 1.82) is 0 Å². The molecule has 0 radical (unpaired) electrons. The molecule has 1 heterocycles. The normalized spacial score (nSPS) is 20.4. The number of carbonyl (C=O) groups excluding carboxylic acids is 2. The Kier molecular flexibility index (Phi) is 8.29. The molecular weight excluding hydrogens is 408 g/mol. The Bertz CT molecular complexity index is 616. The summed E-state index contributed by atoms with van der Waals surface area (Å²) in [7, 11) is 0. The number of nitrogens with zero attached hydrogens (tertiary/aromatic N) is 1. The lowest BCUT2D eigenvalue weighted by Gasteiger charge is -2.24. The maximum atomic E-state index is 12.3. The van der Waals surface area contributed by atoms with E-state index in [0.29, 0.717) is 12.8 Å². The van der Waals surface area contributed by atoms with E-state index in [-0.39, 0.29) is 17.7 Å². The molecule has 1 aliphatic rings. The van der Waals surface area contributed by atoms with Gasteiger partial charge in [0.05, 0.1) is 0 Å². The van der Waals surface area contributed by atoms with E-state index in [1.165, 1.54) is 5.56 Å². The van der Waals surface area contributed by atoms with Gasteiger partial charge in [-0.3, -0.25) is 9.69 Å². The van der Waals surface area contributed by atoms with Gasteiger partial charge in [-0.1, -0.05) is 46.3 Å². The van der Waals surface area contributed by atoms with Crippen molar-refractivity contribution in [2.45, 2.75) is 58.2 Å². The van der Waals surface area contributed by atoms with Crippen molar-refractivity contribution in [2.75, 3.05) is 18.4 Å². The lowest BCUT2D eigenvalue weighted by atomic mass is 9.95. The summed E-state index contributed by atoms with van der Waals surface area (Å²) >= 11 is 3.38. The summed E-state index contributed by atoms with van der Waals surface area (Å²) in [5, 5.41) is 3.83. The van der Waals surface area contributed by atoms with Crippen LogP contribution in [-0.4, -0.2) is 46.8 Å². The van der Waals surface area contributed by atoms with Gasteiger partial charge in [0.25, 0.3) is 0 Å². The highest BCUT2D eigenvalue weighted by atomic mass is 79.9. The molecule has 1 aromatic carbocycles. The quantitative estimate of drug-likeness (QED) is 0.619. The Labute approximate surface area is 171 Å². The average molecular weight is 439 g/mol. The maximum Gasteiger partial charge on any atom is 0.407 e. The van der Waals surface area contributed by atoms with Crippen molar-refractivity contribution in [3.63, 3.8) is 0 Å². The fourth-order valence-corrected chi connectivity index (χ4v) is 3.70. The van der Waals surface area contributed by atoms with Crippen LogP contribution in [0.4, 0.5) is 4.79 Å². The molecule has 0 spiro atoms. The molecule has 0 bridgehead atoms. The molecule has 1 aliphatic heterocycles. The van der Waals surface area contributed by atoms with Crippen LogP contribution in [-0.2, 0) is 16.1 Å². The first-order chi connectivity index (χ1) is 12.8. The van der Waals surface area contributed by atoms with E-state index >= 15 is 0 Å². The van der Waals surface area contributed by atoms with E-state index in [1.807, 2.05) is 39.0 Å². The smallest absolute Gasteiger partial charge is 0.407 e. The Morgan fingerprint density at radius 1 is 1.22 bits per heavy atom. The number of alkyl carbamates (subject to hydrolysis) is 1. The van der Waals surface area contributed by atoms with Crippen LogP contribution in [0.15, 0.2) is 30.3 Å². The largest absolute Gasteiger partial charge is 0.444 e. The average Bonchev–Trinajstić information content (AvgIpc) is 2.92. The molecule has 0 saturated carbocycles. The second kappa shape index (κ2) is 10.2. The number of rotatable bonds is 8. The van der Waals surface area contributed by atoms with Gasteiger partial charge in [0.1, 0.15) is 11.4 Å². The van der Waals surface area contributed by atoms with Crippen LogP contribution in [0.5, 0.6) is 0 Å². The van der Waals surface area contributed by atoms with E-state index < -0.39 is 11.7 Å². The van der Waals surface area contributed by atoms with Crippen molar-refractivity contribution in [3.8, 4) is 0 Å². The molecule has 150 valence electrons. The number of Topliss-reactive ketones (excluding diaryl/α,β-unsaturated/α-hetero) is 1. The number of ether oxygens (including phenoxy) is 1. The third kappa shape index (κ3) is 8.01. The van der Waals surface area contributed by atoms with Crippen LogP contribution in [0.25, 0.3) is 0 Å². The van der Waals surface area contributed by atoms with Crippen LogP contribution in [0.1, 0.15) is 45.6 Å². The van der Waals surface area contributed by atoms with Crippen molar-refractivity contribution >= 4 is 27.8 Å². The summed E-state index contributed by atoms with van der Waals surface area (Å²) in [6.07, 6.45) is 1.52. The second-order valence-corrected chi connectivity index (χ2v) is 9.02. The number of hydrogen-bond acceptors (Lipinski definition) is 4. The first-order valence-corrected chi connectivity index (χ1v) is 10.7. The van der Waals surface area contributed by atoms with Gasteiger partial charge < -0.3 is 10.1 Å². The van der Waals surface area contributed by atoms with Crippen molar-refractivity contribution in [3.05, 3.63) is 35.9 Å². The maximum absolute atomic E-state index is 12.3. The molecule has 1 saturated heterocycles. The molecule has 1 amide bonds. The zero-order chi connectivity index (χ0) is 19.9. The zero-order valence-electron chi connectivity index (χ0n) is 16.5. The van der Waals surface area contributed by atoms with Gasteiger partial charge in [0.15, 0.2) is 0 Å². The lowest BCUT2D eigenvalue weighted by Crippen LogP contribution is -2.43. The van der Waals surface area contributed by atoms with Crippen LogP contribution in [0.3, 0.4) is 0 Å². The summed E-state index contributed by atoms with van der Waals surface area (Å²) in [5.41, 5.74) is 0.702. The number of nitrogens with one attached hydrogen (secondary N) is 1. The predicted molar refractivity (Wildman–Crippen MR) is 111 cm³/mol. The summed E-state index contributed by atoms with van der Waals surface area (Å²) < 4.78 is 5.41. The number of halogens is 1. The fraction of sp³-hybridized carbons (Fsp3) is 0.619. The minimum atomic E-state index is -0.534. The highest BCUT2D eigenvalue weighted by Gasteiger charge is 2.35. The van der Waals surface area contributed by atoms with E-state index in [2.05, 4.69) is 38.3 Å². The summed E-state index contributed by atoms with van der Waals surface area (Å²) in [6.45, 7) is 7.90. The SMILES string of the molecule is CC(C)(C)OC(=O)N[C@H]1CN(Cc2ccccc2)C[C@@H]1CC(=O)CCCBr. The Morgan fingerprint density at radius 3 is 2.56 bits per heavy atom. The van der Waals surface area contributed by atoms with Gasteiger partial charge >= 0.3 is 6.09 Å². The lowest BCUT2D eigenvalue weighted by molar-refractivity contribution is -0.120. The van der Waals surface area contributed by atoms with Crippen molar-refractivity contribution in [2.24, 2.45) is 5.92 Å². The Balaban J connectivity index is 1.99. The standard InChI is InChI=1S/C21H31BrN2O3/c1-21(2,3)27-20(26)23-19-15-24(13-16-8-5-4-6-9-16)14-17(19)12-18(25)10-7-11-22/h4-6,8-9,17,19H,7,10-15H2,1-3H3,(H,23,26)/t17-,19-/m0/s1. The Hall–Kier alpha value is -1.40. The molecule has 1 fully saturated rings. The van der Waals surface area contributed by atoms with E-state index in [9.17, 15) is 9.59 Å². The van der Waals surface area contributed by atoms with Crippen LogP contribution >= 0.6 is 15.9 Å². The zero-order valence-corrected chi connectivity index (χ0v) is 18.1. The first kappa shape index (κ1) is 21.9. The number of alkyl halides is 1. The number of carbonyl (C=O) groups is 2. The topological polar surface area (TPSA) is 58.6 Å². The molecule has 5 nitrogen and oxygen atoms in total. The van der Waals surface area contributed by atoms with Gasteiger partial charge in [0, 0.05) is 49.8 Å². The minimum Gasteiger partial charge on any atom is -0.444 e. The number of amides is 1. The second-order valence-electron chi connectivity index (χ2n) is 8.23.